The first-order valence-corrected chi connectivity index (χ1v) is 7.60. The zero-order valence-corrected chi connectivity index (χ0v) is 13.4. The van der Waals surface area contributed by atoms with Crippen LogP contribution in [0.4, 0.5) is 5.69 Å². The van der Waals surface area contributed by atoms with Crippen molar-refractivity contribution in [3.63, 3.8) is 0 Å². The normalized spacial score (nSPS) is 12.8. The second-order valence-corrected chi connectivity index (χ2v) is 5.36. The summed E-state index contributed by atoms with van der Waals surface area (Å²) in [5.41, 5.74) is 0.740. The van der Waals surface area contributed by atoms with Crippen molar-refractivity contribution in [1.29, 1.82) is 0 Å². The van der Waals surface area contributed by atoms with Crippen LogP contribution in [0.1, 0.15) is 29.1 Å². The first-order chi connectivity index (χ1) is 12.1. The molecular formula is C18H15N3O4. The van der Waals surface area contributed by atoms with Gasteiger partial charge in [0.05, 0.1) is 11.2 Å². The predicted octanol–water partition coefficient (Wildman–Crippen LogP) is 3.34. The minimum absolute atomic E-state index is 0.0639. The molecule has 0 aliphatic carbocycles. The summed E-state index contributed by atoms with van der Waals surface area (Å²) >= 11 is 0. The summed E-state index contributed by atoms with van der Waals surface area (Å²) in [5, 5.41) is 10.7. The third-order valence-electron chi connectivity index (χ3n) is 3.66. The van der Waals surface area contributed by atoms with Crippen molar-refractivity contribution in [2.24, 2.45) is 4.99 Å². The standard InChI is InChI=1S/C18H15N3O4/c1-13(16-5-4-12-25-16)19-17-6-2-3-11-20(17)18(22)14-7-9-15(10-8-14)21(23)24/h2-13H,1H3. The van der Waals surface area contributed by atoms with Crippen molar-refractivity contribution in [3.8, 4) is 0 Å². The van der Waals surface area contributed by atoms with E-state index in [1.165, 1.54) is 28.8 Å². The molecule has 2 heterocycles. The number of carbonyl (C=O) groups excluding carboxylic acids is 1. The van der Waals surface area contributed by atoms with Crippen LogP contribution in [0.3, 0.4) is 0 Å². The summed E-state index contributed by atoms with van der Waals surface area (Å²) in [7, 11) is 0. The number of pyridine rings is 1. The van der Waals surface area contributed by atoms with Crippen LogP contribution in [0.5, 0.6) is 0 Å². The molecule has 1 atom stereocenters. The highest BCUT2D eigenvalue weighted by molar-refractivity contribution is 5.95. The number of nitrogens with zero attached hydrogens (tertiary/aromatic N) is 3. The Hall–Kier alpha value is -3.48. The van der Waals surface area contributed by atoms with Crippen LogP contribution in [-0.2, 0) is 0 Å². The number of benzene rings is 1. The SMILES string of the molecule is CC(N=c1ccccn1C(=O)c1ccc([N+](=O)[O-])cc1)c1ccco1. The molecule has 0 spiro atoms. The minimum Gasteiger partial charge on any atom is -0.467 e. The van der Waals surface area contributed by atoms with Crippen LogP contribution in [-0.4, -0.2) is 15.4 Å². The van der Waals surface area contributed by atoms with E-state index in [1.807, 2.05) is 13.0 Å². The lowest BCUT2D eigenvalue weighted by Gasteiger charge is -2.08. The Kier molecular flexibility index (Phi) is 4.56. The molecule has 0 saturated carbocycles. The number of nitro benzene ring substituents is 1. The average molecular weight is 337 g/mol. The van der Waals surface area contributed by atoms with Gasteiger partial charge in [-0.3, -0.25) is 24.5 Å². The number of rotatable bonds is 4. The van der Waals surface area contributed by atoms with Gasteiger partial charge in [-0.1, -0.05) is 6.07 Å². The Bertz CT molecular complexity index is 956. The molecule has 126 valence electrons. The van der Waals surface area contributed by atoms with Gasteiger partial charge in [0, 0.05) is 23.9 Å². The van der Waals surface area contributed by atoms with E-state index < -0.39 is 4.92 Å². The van der Waals surface area contributed by atoms with E-state index in [9.17, 15) is 14.9 Å². The summed E-state index contributed by atoms with van der Waals surface area (Å²) in [4.78, 5) is 27.5. The number of non-ortho nitro benzene ring substituents is 1. The second-order valence-electron chi connectivity index (χ2n) is 5.36. The second kappa shape index (κ2) is 6.96. The number of hydrogen-bond donors (Lipinski definition) is 0. The fourth-order valence-electron chi connectivity index (χ4n) is 2.37. The first kappa shape index (κ1) is 16.4. The van der Waals surface area contributed by atoms with Gasteiger partial charge in [0.1, 0.15) is 17.3 Å². The highest BCUT2D eigenvalue weighted by atomic mass is 16.6. The van der Waals surface area contributed by atoms with Crippen LogP contribution < -0.4 is 5.49 Å². The van der Waals surface area contributed by atoms with Gasteiger partial charge < -0.3 is 4.42 Å². The molecule has 0 radical (unpaired) electrons. The molecule has 3 aromatic rings. The smallest absolute Gasteiger partial charge is 0.269 e. The topological polar surface area (TPSA) is 90.6 Å². The third-order valence-corrected chi connectivity index (χ3v) is 3.66. The quantitative estimate of drug-likeness (QED) is 0.539. The lowest BCUT2D eigenvalue weighted by molar-refractivity contribution is -0.384. The van der Waals surface area contributed by atoms with Gasteiger partial charge in [0.15, 0.2) is 0 Å². The Balaban J connectivity index is 1.97. The molecule has 0 saturated heterocycles. The van der Waals surface area contributed by atoms with Crippen molar-refractivity contribution in [3.05, 3.63) is 94.0 Å². The maximum Gasteiger partial charge on any atom is 0.269 e. The molecule has 0 bridgehead atoms. The summed E-state index contributed by atoms with van der Waals surface area (Å²) in [5.74, 6) is 0.374. The molecule has 0 aliphatic rings. The Morgan fingerprint density at radius 1 is 1.16 bits per heavy atom. The van der Waals surface area contributed by atoms with E-state index in [0.717, 1.165) is 0 Å². The van der Waals surface area contributed by atoms with E-state index in [4.69, 9.17) is 4.42 Å². The summed E-state index contributed by atoms with van der Waals surface area (Å²) in [6, 6.07) is 14.0. The first-order valence-electron chi connectivity index (χ1n) is 7.60. The van der Waals surface area contributed by atoms with Crippen LogP contribution in [0.15, 0.2) is 76.5 Å². The number of hydrogen-bond acceptors (Lipinski definition) is 5. The highest BCUT2D eigenvalue weighted by Gasteiger charge is 2.12. The molecule has 0 amide bonds. The molecule has 7 nitrogen and oxygen atoms in total. The number of carbonyl (C=O) groups is 1. The van der Waals surface area contributed by atoms with E-state index in [-0.39, 0.29) is 17.6 Å². The Morgan fingerprint density at radius 3 is 2.56 bits per heavy atom. The summed E-state index contributed by atoms with van der Waals surface area (Å²) in [6.45, 7) is 1.87. The van der Waals surface area contributed by atoms with E-state index in [1.54, 1.807) is 36.7 Å². The Morgan fingerprint density at radius 2 is 1.92 bits per heavy atom. The van der Waals surface area contributed by atoms with Gasteiger partial charge >= 0.3 is 0 Å². The molecular weight excluding hydrogens is 322 g/mol. The molecule has 1 aromatic carbocycles. The maximum atomic E-state index is 12.7. The fourth-order valence-corrected chi connectivity index (χ4v) is 2.37. The number of nitro groups is 1. The van der Waals surface area contributed by atoms with E-state index >= 15 is 0 Å². The highest BCUT2D eigenvalue weighted by Crippen LogP contribution is 2.16. The molecule has 7 heteroatoms. The van der Waals surface area contributed by atoms with Gasteiger partial charge in [-0.2, -0.15) is 0 Å². The molecule has 1 unspecified atom stereocenters. The predicted molar refractivity (Wildman–Crippen MR) is 89.9 cm³/mol. The van der Waals surface area contributed by atoms with Crippen LogP contribution in [0.25, 0.3) is 0 Å². The average Bonchev–Trinajstić information content (AvgIpc) is 3.16. The monoisotopic (exact) mass is 337 g/mol. The van der Waals surface area contributed by atoms with Crippen LogP contribution in [0.2, 0.25) is 0 Å². The Labute approximate surface area is 143 Å². The van der Waals surface area contributed by atoms with Crippen molar-refractivity contribution < 1.29 is 14.1 Å². The van der Waals surface area contributed by atoms with Gasteiger partial charge in [-0.15, -0.1) is 0 Å². The van der Waals surface area contributed by atoms with Crippen molar-refractivity contribution in [2.75, 3.05) is 0 Å². The number of aromatic nitrogens is 1. The van der Waals surface area contributed by atoms with Crippen molar-refractivity contribution in [1.82, 2.24) is 4.57 Å². The van der Waals surface area contributed by atoms with Gasteiger partial charge in [0.2, 0.25) is 0 Å². The zero-order valence-electron chi connectivity index (χ0n) is 13.4. The molecule has 25 heavy (non-hydrogen) atoms. The van der Waals surface area contributed by atoms with Gasteiger partial charge in [0.25, 0.3) is 11.6 Å². The molecule has 0 N–H and O–H groups in total. The van der Waals surface area contributed by atoms with Crippen LogP contribution >= 0.6 is 0 Å². The summed E-state index contributed by atoms with van der Waals surface area (Å²) in [6.07, 6.45) is 3.18. The lowest BCUT2D eigenvalue weighted by atomic mass is 10.2. The molecule has 0 aliphatic heterocycles. The largest absolute Gasteiger partial charge is 0.467 e. The van der Waals surface area contributed by atoms with Crippen molar-refractivity contribution >= 4 is 11.6 Å². The van der Waals surface area contributed by atoms with E-state index in [2.05, 4.69) is 4.99 Å². The fraction of sp³-hybridized carbons (Fsp3) is 0.111. The third kappa shape index (κ3) is 3.55. The molecule has 3 rings (SSSR count). The summed E-state index contributed by atoms with van der Waals surface area (Å²) < 4.78 is 6.74. The lowest BCUT2D eigenvalue weighted by Crippen LogP contribution is -2.27. The zero-order chi connectivity index (χ0) is 17.8. The van der Waals surface area contributed by atoms with Gasteiger partial charge in [-0.25, -0.2) is 0 Å². The van der Waals surface area contributed by atoms with Crippen LogP contribution in [0, 0.1) is 10.1 Å². The molecule has 2 aromatic heterocycles. The van der Waals surface area contributed by atoms with Gasteiger partial charge in [-0.05, 0) is 43.3 Å². The molecule has 0 fully saturated rings. The maximum absolute atomic E-state index is 12.7. The van der Waals surface area contributed by atoms with Crippen molar-refractivity contribution in [2.45, 2.75) is 13.0 Å². The minimum atomic E-state index is -0.504. The number of furan rings is 1. The van der Waals surface area contributed by atoms with E-state index in [0.29, 0.717) is 16.8 Å².